The molecule has 0 N–H and O–H groups in total. The number of benzene rings is 1. The van der Waals surface area contributed by atoms with Gasteiger partial charge in [-0.2, -0.15) is 0 Å². The van der Waals surface area contributed by atoms with Crippen molar-refractivity contribution in [2.45, 2.75) is 19.8 Å². The molecule has 0 atom stereocenters. The number of carbonyl (C=O) groups excluding carboxylic acids is 1. The molecule has 0 amide bonds. The highest BCUT2D eigenvalue weighted by Gasteiger charge is 1.99. The standard InChI is InChI=1S/C11H14O2/c1-9-5-6-11(13-2)8-10(9)4-3-7-12/h5-8H,3-4H2,1-2H3. The molecule has 1 rings (SSSR count). The van der Waals surface area contributed by atoms with E-state index in [1.807, 2.05) is 25.1 Å². The van der Waals surface area contributed by atoms with Gasteiger partial charge in [0.25, 0.3) is 0 Å². The molecular weight excluding hydrogens is 164 g/mol. The minimum atomic E-state index is 0.577. The van der Waals surface area contributed by atoms with Crippen molar-refractivity contribution in [3.05, 3.63) is 29.3 Å². The second kappa shape index (κ2) is 4.65. The quantitative estimate of drug-likeness (QED) is 0.660. The van der Waals surface area contributed by atoms with Crippen molar-refractivity contribution in [3.8, 4) is 5.75 Å². The van der Waals surface area contributed by atoms with E-state index in [1.54, 1.807) is 7.11 Å². The summed E-state index contributed by atoms with van der Waals surface area (Å²) in [5.41, 5.74) is 2.40. The van der Waals surface area contributed by atoms with E-state index in [9.17, 15) is 4.79 Å². The third-order valence-corrected chi connectivity index (χ3v) is 2.09. The highest BCUT2D eigenvalue weighted by Crippen LogP contribution is 2.17. The molecule has 0 bridgehead atoms. The smallest absolute Gasteiger partial charge is 0.120 e. The van der Waals surface area contributed by atoms with Gasteiger partial charge in [-0.15, -0.1) is 0 Å². The number of ether oxygens (including phenoxy) is 1. The second-order valence-corrected chi connectivity index (χ2v) is 3.00. The summed E-state index contributed by atoms with van der Waals surface area (Å²) in [6.45, 7) is 2.04. The summed E-state index contributed by atoms with van der Waals surface area (Å²) in [6.07, 6.45) is 2.32. The second-order valence-electron chi connectivity index (χ2n) is 3.00. The maximum Gasteiger partial charge on any atom is 0.120 e. The van der Waals surface area contributed by atoms with Gasteiger partial charge >= 0.3 is 0 Å². The van der Waals surface area contributed by atoms with E-state index >= 15 is 0 Å². The van der Waals surface area contributed by atoms with Gasteiger partial charge in [-0.1, -0.05) is 6.07 Å². The van der Waals surface area contributed by atoms with Crippen LogP contribution >= 0.6 is 0 Å². The third-order valence-electron chi connectivity index (χ3n) is 2.09. The molecule has 0 heterocycles. The van der Waals surface area contributed by atoms with E-state index in [0.717, 1.165) is 18.5 Å². The first kappa shape index (κ1) is 9.78. The molecule has 0 unspecified atom stereocenters. The molecule has 0 aliphatic heterocycles. The summed E-state index contributed by atoms with van der Waals surface area (Å²) < 4.78 is 5.10. The molecule has 0 aromatic heterocycles. The first-order valence-electron chi connectivity index (χ1n) is 4.35. The van der Waals surface area contributed by atoms with Gasteiger partial charge in [-0.25, -0.2) is 0 Å². The monoisotopic (exact) mass is 178 g/mol. The highest BCUT2D eigenvalue weighted by atomic mass is 16.5. The number of carbonyl (C=O) groups is 1. The van der Waals surface area contributed by atoms with Crippen molar-refractivity contribution in [2.75, 3.05) is 7.11 Å². The lowest BCUT2D eigenvalue weighted by Crippen LogP contribution is -1.92. The highest BCUT2D eigenvalue weighted by molar-refractivity contribution is 5.50. The van der Waals surface area contributed by atoms with Crippen molar-refractivity contribution >= 4 is 6.29 Å². The van der Waals surface area contributed by atoms with Crippen molar-refractivity contribution in [1.82, 2.24) is 0 Å². The van der Waals surface area contributed by atoms with Gasteiger partial charge in [0.2, 0.25) is 0 Å². The Morgan fingerprint density at radius 3 is 2.85 bits per heavy atom. The predicted molar refractivity (Wildman–Crippen MR) is 52.1 cm³/mol. The Balaban J connectivity index is 2.83. The molecule has 1 aromatic rings. The largest absolute Gasteiger partial charge is 0.497 e. The zero-order valence-corrected chi connectivity index (χ0v) is 8.04. The van der Waals surface area contributed by atoms with Crippen molar-refractivity contribution in [1.29, 1.82) is 0 Å². The van der Waals surface area contributed by atoms with E-state index in [1.165, 1.54) is 11.1 Å². The SMILES string of the molecule is COc1ccc(C)c(CCC=O)c1. The minimum absolute atomic E-state index is 0.577. The predicted octanol–water partition coefficient (Wildman–Crippen LogP) is 2.14. The van der Waals surface area contributed by atoms with Crippen LogP contribution in [0.3, 0.4) is 0 Å². The summed E-state index contributed by atoms with van der Waals surface area (Å²) >= 11 is 0. The average Bonchev–Trinajstić information content (AvgIpc) is 2.17. The van der Waals surface area contributed by atoms with Crippen LogP contribution in [0.25, 0.3) is 0 Å². The molecule has 1 aromatic carbocycles. The summed E-state index contributed by atoms with van der Waals surface area (Å²) in [5, 5.41) is 0. The van der Waals surface area contributed by atoms with Crippen molar-refractivity contribution in [3.63, 3.8) is 0 Å². The Labute approximate surface area is 78.5 Å². The molecular formula is C11H14O2. The first-order valence-corrected chi connectivity index (χ1v) is 4.35. The zero-order chi connectivity index (χ0) is 9.68. The van der Waals surface area contributed by atoms with Crippen LogP contribution in [0.15, 0.2) is 18.2 Å². The van der Waals surface area contributed by atoms with Crippen molar-refractivity contribution in [2.24, 2.45) is 0 Å². The number of hydrogen-bond acceptors (Lipinski definition) is 2. The molecule has 0 aliphatic carbocycles. The number of rotatable bonds is 4. The third kappa shape index (κ3) is 2.58. The summed E-state index contributed by atoms with van der Waals surface area (Å²) in [4.78, 5) is 10.2. The maximum absolute atomic E-state index is 10.2. The van der Waals surface area contributed by atoms with Gasteiger partial charge in [-0.05, 0) is 36.6 Å². The van der Waals surface area contributed by atoms with Crippen LogP contribution in [-0.2, 0) is 11.2 Å². The molecule has 0 spiro atoms. The van der Waals surface area contributed by atoms with E-state index in [2.05, 4.69) is 0 Å². The average molecular weight is 178 g/mol. The topological polar surface area (TPSA) is 26.3 Å². The van der Waals surface area contributed by atoms with Crippen LogP contribution in [0.5, 0.6) is 5.75 Å². The van der Waals surface area contributed by atoms with E-state index in [-0.39, 0.29) is 0 Å². The van der Waals surface area contributed by atoms with Gasteiger partial charge in [0.15, 0.2) is 0 Å². The van der Waals surface area contributed by atoms with Crippen LogP contribution in [0.1, 0.15) is 17.5 Å². The molecule has 0 fully saturated rings. The Hall–Kier alpha value is -1.31. The first-order chi connectivity index (χ1) is 6.27. The Kier molecular flexibility index (Phi) is 3.50. The lowest BCUT2D eigenvalue weighted by Gasteiger charge is -2.06. The Bertz CT molecular complexity index is 292. The molecule has 0 saturated heterocycles. The minimum Gasteiger partial charge on any atom is -0.497 e. The van der Waals surface area contributed by atoms with Gasteiger partial charge in [0, 0.05) is 6.42 Å². The molecule has 0 aliphatic rings. The molecule has 70 valence electrons. The van der Waals surface area contributed by atoms with E-state index in [0.29, 0.717) is 6.42 Å². The maximum atomic E-state index is 10.2. The number of aryl methyl sites for hydroxylation is 2. The van der Waals surface area contributed by atoms with Gasteiger partial charge in [0.1, 0.15) is 12.0 Å². The van der Waals surface area contributed by atoms with Crippen LogP contribution in [0.2, 0.25) is 0 Å². The van der Waals surface area contributed by atoms with Crippen molar-refractivity contribution < 1.29 is 9.53 Å². The fraction of sp³-hybridized carbons (Fsp3) is 0.364. The molecule has 2 nitrogen and oxygen atoms in total. The fourth-order valence-electron chi connectivity index (χ4n) is 1.26. The zero-order valence-electron chi connectivity index (χ0n) is 8.04. The van der Waals surface area contributed by atoms with Gasteiger partial charge in [0.05, 0.1) is 7.11 Å². The molecule has 0 radical (unpaired) electrons. The molecule has 2 heteroatoms. The normalized spacial score (nSPS) is 9.69. The van der Waals surface area contributed by atoms with Crippen LogP contribution in [-0.4, -0.2) is 13.4 Å². The number of methoxy groups -OCH3 is 1. The molecule has 0 saturated carbocycles. The van der Waals surface area contributed by atoms with Crippen LogP contribution in [0.4, 0.5) is 0 Å². The lowest BCUT2D eigenvalue weighted by atomic mass is 10.0. The van der Waals surface area contributed by atoms with E-state index < -0.39 is 0 Å². The number of aldehydes is 1. The van der Waals surface area contributed by atoms with Gasteiger partial charge in [-0.3, -0.25) is 0 Å². The summed E-state index contributed by atoms with van der Waals surface area (Å²) in [5.74, 6) is 0.853. The number of hydrogen-bond donors (Lipinski definition) is 0. The van der Waals surface area contributed by atoms with E-state index in [4.69, 9.17) is 4.74 Å². The summed E-state index contributed by atoms with van der Waals surface area (Å²) in [6, 6.07) is 5.93. The van der Waals surface area contributed by atoms with Crippen LogP contribution < -0.4 is 4.74 Å². The lowest BCUT2D eigenvalue weighted by molar-refractivity contribution is -0.107. The van der Waals surface area contributed by atoms with Gasteiger partial charge < -0.3 is 9.53 Å². The fourth-order valence-corrected chi connectivity index (χ4v) is 1.26. The van der Waals surface area contributed by atoms with Crippen LogP contribution in [0, 0.1) is 6.92 Å². The Morgan fingerprint density at radius 1 is 1.46 bits per heavy atom. The molecule has 13 heavy (non-hydrogen) atoms. The Morgan fingerprint density at radius 2 is 2.23 bits per heavy atom. The summed E-state index contributed by atoms with van der Waals surface area (Å²) in [7, 11) is 1.65.